The maximum atomic E-state index is 12.6. The Labute approximate surface area is 167 Å². The summed E-state index contributed by atoms with van der Waals surface area (Å²) in [6, 6.07) is 11.8. The molecule has 27 heavy (non-hydrogen) atoms. The van der Waals surface area contributed by atoms with Crippen molar-refractivity contribution in [2.75, 3.05) is 5.32 Å². The second-order valence-corrected chi connectivity index (χ2v) is 8.84. The van der Waals surface area contributed by atoms with Crippen LogP contribution in [0.25, 0.3) is 0 Å². The van der Waals surface area contributed by atoms with Gasteiger partial charge in [0.05, 0.1) is 4.90 Å². The van der Waals surface area contributed by atoms with Gasteiger partial charge in [0, 0.05) is 23.3 Å². The SMILES string of the molecule is Cc1ccc(NC(=O)c2ccc(CN)cc2)cc1S(=O)(=O)NC(C)(C)C.Cl. The van der Waals surface area contributed by atoms with Gasteiger partial charge in [0.25, 0.3) is 5.91 Å². The topological polar surface area (TPSA) is 101 Å². The molecule has 2 rings (SSSR count). The lowest BCUT2D eigenvalue weighted by atomic mass is 10.1. The van der Waals surface area contributed by atoms with Gasteiger partial charge in [-0.3, -0.25) is 4.79 Å². The molecule has 8 heteroatoms. The molecule has 6 nitrogen and oxygen atoms in total. The molecule has 1 amide bonds. The number of aryl methyl sites for hydroxylation is 1. The fraction of sp³-hybridized carbons (Fsp3) is 0.316. The highest BCUT2D eigenvalue weighted by atomic mass is 35.5. The monoisotopic (exact) mass is 411 g/mol. The van der Waals surface area contributed by atoms with E-state index in [-0.39, 0.29) is 23.2 Å². The first-order valence-electron chi connectivity index (χ1n) is 8.27. The number of sulfonamides is 1. The number of rotatable bonds is 5. The van der Waals surface area contributed by atoms with E-state index in [1.54, 1.807) is 64.1 Å². The number of nitrogens with two attached hydrogens (primary N) is 1. The smallest absolute Gasteiger partial charge is 0.255 e. The Morgan fingerprint density at radius 3 is 2.19 bits per heavy atom. The van der Waals surface area contributed by atoms with Crippen molar-refractivity contribution >= 4 is 34.0 Å². The van der Waals surface area contributed by atoms with Crippen molar-refractivity contribution < 1.29 is 13.2 Å². The van der Waals surface area contributed by atoms with Gasteiger partial charge in [0.15, 0.2) is 0 Å². The quantitative estimate of drug-likeness (QED) is 0.703. The second-order valence-electron chi connectivity index (χ2n) is 7.19. The van der Waals surface area contributed by atoms with Gasteiger partial charge in [-0.15, -0.1) is 12.4 Å². The minimum atomic E-state index is -3.70. The van der Waals surface area contributed by atoms with Crippen molar-refractivity contribution in [2.45, 2.75) is 44.7 Å². The molecular formula is C19H26ClN3O3S. The summed E-state index contributed by atoms with van der Waals surface area (Å²) >= 11 is 0. The van der Waals surface area contributed by atoms with E-state index in [1.807, 2.05) is 0 Å². The van der Waals surface area contributed by atoms with Gasteiger partial charge < -0.3 is 11.1 Å². The minimum Gasteiger partial charge on any atom is -0.326 e. The first-order valence-corrected chi connectivity index (χ1v) is 9.75. The van der Waals surface area contributed by atoms with Crippen molar-refractivity contribution in [3.05, 3.63) is 59.2 Å². The third kappa shape index (κ3) is 6.32. The Kier molecular flexibility index (Phi) is 7.57. The van der Waals surface area contributed by atoms with E-state index in [9.17, 15) is 13.2 Å². The highest BCUT2D eigenvalue weighted by Gasteiger charge is 2.24. The normalized spacial score (nSPS) is 11.6. The molecule has 0 heterocycles. The molecule has 0 radical (unpaired) electrons. The number of anilines is 1. The number of nitrogens with one attached hydrogen (secondary N) is 2. The summed E-state index contributed by atoms with van der Waals surface area (Å²) in [6.45, 7) is 7.44. The summed E-state index contributed by atoms with van der Waals surface area (Å²) in [7, 11) is -3.70. The highest BCUT2D eigenvalue weighted by Crippen LogP contribution is 2.22. The first-order chi connectivity index (χ1) is 12.0. The van der Waals surface area contributed by atoms with Crippen LogP contribution in [0.1, 0.15) is 42.3 Å². The average Bonchev–Trinajstić information content (AvgIpc) is 2.54. The van der Waals surface area contributed by atoms with Crippen LogP contribution in [0, 0.1) is 6.92 Å². The zero-order chi connectivity index (χ0) is 19.5. The molecule has 0 spiro atoms. The van der Waals surface area contributed by atoms with Crippen LogP contribution in [0.2, 0.25) is 0 Å². The van der Waals surface area contributed by atoms with Gasteiger partial charge in [0.2, 0.25) is 10.0 Å². The third-order valence-electron chi connectivity index (χ3n) is 3.63. The van der Waals surface area contributed by atoms with E-state index >= 15 is 0 Å². The van der Waals surface area contributed by atoms with Crippen molar-refractivity contribution in [2.24, 2.45) is 5.73 Å². The van der Waals surface area contributed by atoms with Crippen LogP contribution in [-0.4, -0.2) is 19.9 Å². The standard InChI is InChI=1S/C19H25N3O3S.ClH/c1-13-5-10-16(11-17(13)26(24,25)22-19(2,3)4)21-18(23)15-8-6-14(12-20)7-9-15;/h5-11,22H,12,20H2,1-4H3,(H,21,23);1H. The van der Waals surface area contributed by atoms with E-state index in [1.165, 1.54) is 6.07 Å². The van der Waals surface area contributed by atoms with Crippen LogP contribution in [0.15, 0.2) is 47.4 Å². The zero-order valence-corrected chi connectivity index (χ0v) is 17.5. The maximum absolute atomic E-state index is 12.6. The number of hydrogen-bond acceptors (Lipinski definition) is 4. The van der Waals surface area contributed by atoms with Gasteiger partial charge in [-0.2, -0.15) is 0 Å². The molecule has 2 aromatic carbocycles. The zero-order valence-electron chi connectivity index (χ0n) is 15.9. The fourth-order valence-electron chi connectivity index (χ4n) is 2.42. The number of amides is 1. The first kappa shape index (κ1) is 23.1. The number of hydrogen-bond donors (Lipinski definition) is 3. The Morgan fingerprint density at radius 2 is 1.67 bits per heavy atom. The number of carbonyl (C=O) groups excluding carboxylic acids is 1. The molecule has 2 aromatic rings. The lowest BCUT2D eigenvalue weighted by molar-refractivity contribution is 0.102. The van der Waals surface area contributed by atoms with Crippen molar-refractivity contribution in [3.8, 4) is 0 Å². The van der Waals surface area contributed by atoms with E-state index < -0.39 is 15.6 Å². The molecule has 148 valence electrons. The Hall–Kier alpha value is -1.93. The third-order valence-corrected chi connectivity index (χ3v) is 5.53. The summed E-state index contributed by atoms with van der Waals surface area (Å²) in [4.78, 5) is 12.5. The van der Waals surface area contributed by atoms with Crippen LogP contribution in [-0.2, 0) is 16.6 Å². The summed E-state index contributed by atoms with van der Waals surface area (Å²) in [5.74, 6) is -0.315. The predicted molar refractivity (Wildman–Crippen MR) is 111 cm³/mol. The lowest BCUT2D eigenvalue weighted by Gasteiger charge is -2.21. The van der Waals surface area contributed by atoms with Crippen LogP contribution in [0.4, 0.5) is 5.69 Å². The van der Waals surface area contributed by atoms with Crippen molar-refractivity contribution in [1.82, 2.24) is 4.72 Å². The molecule has 0 atom stereocenters. The largest absolute Gasteiger partial charge is 0.326 e. The summed E-state index contributed by atoms with van der Waals surface area (Å²) in [6.07, 6.45) is 0. The lowest BCUT2D eigenvalue weighted by Crippen LogP contribution is -2.40. The molecule has 0 unspecified atom stereocenters. The Bertz CT molecular complexity index is 905. The highest BCUT2D eigenvalue weighted by molar-refractivity contribution is 7.89. The molecule has 0 bridgehead atoms. The Balaban J connectivity index is 0.00000364. The molecule has 4 N–H and O–H groups in total. The number of halogens is 1. The Morgan fingerprint density at radius 1 is 1.07 bits per heavy atom. The maximum Gasteiger partial charge on any atom is 0.255 e. The van der Waals surface area contributed by atoms with Crippen LogP contribution in [0.3, 0.4) is 0 Å². The summed E-state index contributed by atoms with van der Waals surface area (Å²) in [5.41, 5.74) is 7.37. The predicted octanol–water partition coefficient (Wildman–Crippen LogP) is 3.20. The van der Waals surface area contributed by atoms with Gasteiger partial charge in [-0.25, -0.2) is 13.1 Å². The van der Waals surface area contributed by atoms with Crippen molar-refractivity contribution in [3.63, 3.8) is 0 Å². The molecule has 0 fully saturated rings. The van der Waals surface area contributed by atoms with E-state index in [2.05, 4.69) is 10.0 Å². The number of carbonyl (C=O) groups is 1. The average molecular weight is 412 g/mol. The van der Waals surface area contributed by atoms with Crippen molar-refractivity contribution in [1.29, 1.82) is 0 Å². The van der Waals surface area contributed by atoms with Crippen LogP contribution < -0.4 is 15.8 Å². The second kappa shape index (κ2) is 8.84. The minimum absolute atomic E-state index is 0. The summed E-state index contributed by atoms with van der Waals surface area (Å²) in [5, 5.41) is 2.74. The molecular weight excluding hydrogens is 386 g/mol. The fourth-order valence-corrected chi connectivity index (χ4v) is 4.11. The van der Waals surface area contributed by atoms with E-state index in [0.717, 1.165) is 5.56 Å². The molecule has 0 aromatic heterocycles. The van der Waals surface area contributed by atoms with Gasteiger partial charge in [-0.05, 0) is 63.1 Å². The summed E-state index contributed by atoms with van der Waals surface area (Å²) < 4.78 is 27.8. The van der Waals surface area contributed by atoms with Gasteiger partial charge in [-0.1, -0.05) is 18.2 Å². The molecule has 0 saturated carbocycles. The van der Waals surface area contributed by atoms with E-state index in [0.29, 0.717) is 23.4 Å². The molecule has 0 aliphatic rings. The number of benzene rings is 2. The van der Waals surface area contributed by atoms with E-state index in [4.69, 9.17) is 5.73 Å². The van der Waals surface area contributed by atoms with Gasteiger partial charge >= 0.3 is 0 Å². The van der Waals surface area contributed by atoms with Crippen LogP contribution >= 0.6 is 12.4 Å². The molecule has 0 aliphatic carbocycles. The van der Waals surface area contributed by atoms with Gasteiger partial charge in [0.1, 0.15) is 0 Å². The molecule has 0 aliphatic heterocycles. The molecule has 0 saturated heterocycles. The van der Waals surface area contributed by atoms with Crippen LogP contribution in [0.5, 0.6) is 0 Å².